The van der Waals surface area contributed by atoms with Gasteiger partial charge in [0, 0.05) is 19.0 Å². The SMILES string of the molecule is CCC(CC)(CO)CNC(=O)c1cncn1C. The van der Waals surface area contributed by atoms with Gasteiger partial charge in [0.25, 0.3) is 5.91 Å². The number of amides is 1. The molecule has 0 aromatic carbocycles. The number of aryl methyl sites for hydroxylation is 1. The van der Waals surface area contributed by atoms with Crippen molar-refractivity contribution in [3.63, 3.8) is 0 Å². The highest BCUT2D eigenvalue weighted by Crippen LogP contribution is 2.24. The van der Waals surface area contributed by atoms with E-state index >= 15 is 0 Å². The zero-order chi connectivity index (χ0) is 12.9. The van der Waals surface area contributed by atoms with E-state index in [1.165, 1.54) is 6.20 Å². The topological polar surface area (TPSA) is 67.2 Å². The third kappa shape index (κ3) is 3.06. The van der Waals surface area contributed by atoms with Gasteiger partial charge in [-0.2, -0.15) is 0 Å². The lowest BCUT2D eigenvalue weighted by atomic mass is 9.83. The Morgan fingerprint density at radius 2 is 2.18 bits per heavy atom. The normalized spacial score (nSPS) is 11.5. The van der Waals surface area contributed by atoms with Crippen LogP contribution in [-0.2, 0) is 7.05 Å². The standard InChI is InChI=1S/C12H21N3O2/c1-4-12(5-2,8-16)7-14-11(17)10-6-13-9-15(10)3/h6,9,16H,4-5,7-8H2,1-3H3,(H,14,17). The van der Waals surface area contributed by atoms with Crippen LogP contribution in [0.15, 0.2) is 12.5 Å². The predicted octanol–water partition coefficient (Wildman–Crippen LogP) is 0.949. The van der Waals surface area contributed by atoms with Crippen molar-refractivity contribution in [2.75, 3.05) is 13.2 Å². The lowest BCUT2D eigenvalue weighted by Gasteiger charge is -2.29. The number of nitrogens with one attached hydrogen (secondary N) is 1. The number of aromatic nitrogens is 2. The minimum absolute atomic E-state index is 0.0890. The Hall–Kier alpha value is -1.36. The van der Waals surface area contributed by atoms with E-state index < -0.39 is 0 Å². The maximum absolute atomic E-state index is 11.9. The number of carbonyl (C=O) groups is 1. The molecule has 0 saturated carbocycles. The van der Waals surface area contributed by atoms with Crippen LogP contribution in [0.4, 0.5) is 0 Å². The summed E-state index contributed by atoms with van der Waals surface area (Å²) >= 11 is 0. The first-order chi connectivity index (χ1) is 8.08. The molecule has 0 aliphatic carbocycles. The lowest BCUT2D eigenvalue weighted by molar-refractivity contribution is 0.0844. The van der Waals surface area contributed by atoms with Gasteiger partial charge in [0.05, 0.1) is 19.1 Å². The minimum Gasteiger partial charge on any atom is -0.396 e. The largest absolute Gasteiger partial charge is 0.396 e. The Bertz CT molecular complexity index is 361. The highest BCUT2D eigenvalue weighted by Gasteiger charge is 2.26. The third-order valence-electron chi connectivity index (χ3n) is 3.51. The molecule has 5 heteroatoms. The molecule has 0 aliphatic heterocycles. The second kappa shape index (κ2) is 5.82. The van der Waals surface area contributed by atoms with Crippen LogP contribution < -0.4 is 5.32 Å². The highest BCUT2D eigenvalue weighted by molar-refractivity contribution is 5.92. The van der Waals surface area contributed by atoms with Gasteiger partial charge in [-0.1, -0.05) is 13.8 Å². The first-order valence-electron chi connectivity index (χ1n) is 5.94. The van der Waals surface area contributed by atoms with Crippen LogP contribution >= 0.6 is 0 Å². The minimum atomic E-state index is -0.214. The molecule has 0 unspecified atom stereocenters. The number of aliphatic hydroxyl groups is 1. The summed E-state index contributed by atoms with van der Waals surface area (Å²) in [5.41, 5.74) is 0.317. The highest BCUT2D eigenvalue weighted by atomic mass is 16.3. The van der Waals surface area contributed by atoms with Crippen molar-refractivity contribution in [1.29, 1.82) is 0 Å². The molecule has 1 aromatic heterocycles. The van der Waals surface area contributed by atoms with Crippen molar-refractivity contribution in [2.24, 2.45) is 12.5 Å². The van der Waals surface area contributed by atoms with Gasteiger partial charge in [-0.15, -0.1) is 0 Å². The molecule has 0 atom stereocenters. The molecule has 0 radical (unpaired) electrons. The summed E-state index contributed by atoms with van der Waals surface area (Å²) in [5, 5.41) is 12.3. The number of hydrogen-bond acceptors (Lipinski definition) is 3. The molecule has 1 aromatic rings. The number of rotatable bonds is 6. The molecule has 0 saturated heterocycles. The Kier molecular flexibility index (Phi) is 4.69. The Labute approximate surface area is 102 Å². The quantitative estimate of drug-likeness (QED) is 0.776. The van der Waals surface area contributed by atoms with Gasteiger partial charge < -0.3 is 15.0 Å². The molecule has 0 bridgehead atoms. The van der Waals surface area contributed by atoms with Crippen molar-refractivity contribution in [1.82, 2.24) is 14.9 Å². The summed E-state index contributed by atoms with van der Waals surface area (Å²) in [5.74, 6) is -0.148. The smallest absolute Gasteiger partial charge is 0.269 e. The number of imidazole rings is 1. The van der Waals surface area contributed by atoms with Gasteiger partial charge in [-0.3, -0.25) is 4.79 Å². The molecule has 1 amide bonds. The molecule has 1 heterocycles. The van der Waals surface area contributed by atoms with Crippen LogP contribution in [0.3, 0.4) is 0 Å². The van der Waals surface area contributed by atoms with Crippen LogP contribution in [0.1, 0.15) is 37.2 Å². The average molecular weight is 239 g/mol. The first-order valence-corrected chi connectivity index (χ1v) is 5.94. The van der Waals surface area contributed by atoms with E-state index in [1.807, 2.05) is 13.8 Å². The zero-order valence-corrected chi connectivity index (χ0v) is 10.7. The lowest BCUT2D eigenvalue weighted by Crippen LogP contribution is -2.39. The van der Waals surface area contributed by atoms with Gasteiger partial charge >= 0.3 is 0 Å². The number of carbonyl (C=O) groups excluding carboxylic acids is 1. The Balaban J connectivity index is 2.62. The van der Waals surface area contributed by atoms with Crippen LogP contribution in [0.25, 0.3) is 0 Å². The summed E-state index contributed by atoms with van der Waals surface area (Å²) in [6.45, 7) is 4.62. The van der Waals surface area contributed by atoms with E-state index in [1.54, 1.807) is 17.9 Å². The van der Waals surface area contributed by atoms with Crippen LogP contribution in [0.5, 0.6) is 0 Å². The van der Waals surface area contributed by atoms with Gasteiger partial charge in [-0.05, 0) is 12.8 Å². The molecule has 2 N–H and O–H groups in total. The maximum Gasteiger partial charge on any atom is 0.269 e. The summed E-state index contributed by atoms with van der Waals surface area (Å²) < 4.78 is 1.67. The fourth-order valence-corrected chi connectivity index (χ4v) is 1.71. The number of nitrogens with zero attached hydrogens (tertiary/aromatic N) is 2. The van der Waals surface area contributed by atoms with Crippen LogP contribution in [-0.4, -0.2) is 33.7 Å². The van der Waals surface area contributed by atoms with E-state index in [-0.39, 0.29) is 17.9 Å². The monoisotopic (exact) mass is 239 g/mol. The second-order valence-electron chi connectivity index (χ2n) is 4.44. The molecule has 5 nitrogen and oxygen atoms in total. The first kappa shape index (κ1) is 13.7. The number of hydrogen-bond donors (Lipinski definition) is 2. The molecule has 17 heavy (non-hydrogen) atoms. The van der Waals surface area contributed by atoms with Gasteiger partial charge in [-0.25, -0.2) is 4.98 Å². The molecular weight excluding hydrogens is 218 g/mol. The van der Waals surface area contributed by atoms with Crippen LogP contribution in [0, 0.1) is 5.41 Å². The van der Waals surface area contributed by atoms with Gasteiger partial charge in [0.1, 0.15) is 5.69 Å². The summed E-state index contributed by atoms with van der Waals surface area (Å²) in [6.07, 6.45) is 4.80. The van der Waals surface area contributed by atoms with E-state index in [9.17, 15) is 9.90 Å². The van der Waals surface area contributed by atoms with Crippen molar-refractivity contribution in [3.05, 3.63) is 18.2 Å². The molecular formula is C12H21N3O2. The van der Waals surface area contributed by atoms with Crippen molar-refractivity contribution >= 4 is 5.91 Å². The molecule has 1 rings (SSSR count). The average Bonchev–Trinajstić information content (AvgIpc) is 2.78. The maximum atomic E-state index is 11.9. The molecule has 0 fully saturated rings. The zero-order valence-electron chi connectivity index (χ0n) is 10.7. The summed E-state index contributed by atoms with van der Waals surface area (Å²) in [6, 6.07) is 0. The summed E-state index contributed by atoms with van der Waals surface area (Å²) in [7, 11) is 1.78. The predicted molar refractivity (Wildman–Crippen MR) is 65.6 cm³/mol. The Morgan fingerprint density at radius 3 is 2.59 bits per heavy atom. The fraction of sp³-hybridized carbons (Fsp3) is 0.667. The van der Waals surface area contributed by atoms with Crippen molar-refractivity contribution in [3.8, 4) is 0 Å². The molecule has 96 valence electrons. The van der Waals surface area contributed by atoms with Crippen LogP contribution in [0.2, 0.25) is 0 Å². The van der Waals surface area contributed by atoms with Gasteiger partial charge in [0.2, 0.25) is 0 Å². The Morgan fingerprint density at radius 1 is 1.53 bits per heavy atom. The van der Waals surface area contributed by atoms with E-state index in [0.29, 0.717) is 12.2 Å². The molecule has 0 aliphatic rings. The van der Waals surface area contributed by atoms with Gasteiger partial charge in [0.15, 0.2) is 0 Å². The second-order valence-corrected chi connectivity index (χ2v) is 4.44. The summed E-state index contributed by atoms with van der Waals surface area (Å²) in [4.78, 5) is 15.8. The van der Waals surface area contributed by atoms with Crippen molar-refractivity contribution in [2.45, 2.75) is 26.7 Å². The fourth-order valence-electron chi connectivity index (χ4n) is 1.71. The number of aliphatic hydroxyl groups excluding tert-OH is 1. The van der Waals surface area contributed by atoms with Crippen molar-refractivity contribution < 1.29 is 9.90 Å². The van der Waals surface area contributed by atoms with E-state index in [2.05, 4.69) is 10.3 Å². The van der Waals surface area contributed by atoms with E-state index in [0.717, 1.165) is 12.8 Å². The van der Waals surface area contributed by atoms with E-state index in [4.69, 9.17) is 0 Å². The third-order valence-corrected chi connectivity index (χ3v) is 3.51. The molecule has 0 spiro atoms.